The maximum Gasteiger partial charge on any atom is 0.407 e. The summed E-state index contributed by atoms with van der Waals surface area (Å²) in [7, 11) is 0. The molecule has 3 aromatic heterocycles. The first kappa shape index (κ1) is 25.4. The summed E-state index contributed by atoms with van der Waals surface area (Å²) in [5.74, 6) is -1.47. The quantitative estimate of drug-likeness (QED) is 0.439. The molecule has 0 bridgehead atoms. The third kappa shape index (κ3) is 7.36. The van der Waals surface area contributed by atoms with Crippen LogP contribution in [0.2, 0.25) is 0 Å². The van der Waals surface area contributed by atoms with Gasteiger partial charge in [-0.15, -0.1) is 0 Å². The van der Waals surface area contributed by atoms with E-state index >= 15 is 0 Å². The molecular formula is C23H26F2N8O2. The average molecular weight is 485 g/mol. The molecule has 1 atom stereocenters. The standard InChI is InChI=1S/C23H26F2N8O2/c1-14-18(24)9-16(11-27-14)30-20-15(10-26)8-19(25)21(32-20)31-17(13-33-7-5-6-29-33)12-28-22(34)35-23(2,3)4/h5-9,11,17H,12-13H2,1-4H3,(H,28,34)(H2,30,31,32)/t17-/m0/s1. The predicted molar refractivity (Wildman–Crippen MR) is 125 cm³/mol. The van der Waals surface area contributed by atoms with Gasteiger partial charge in [-0.05, 0) is 39.8 Å². The fourth-order valence-corrected chi connectivity index (χ4v) is 2.99. The van der Waals surface area contributed by atoms with E-state index in [9.17, 15) is 18.8 Å². The Hall–Kier alpha value is -4.27. The summed E-state index contributed by atoms with van der Waals surface area (Å²) in [6.45, 7) is 7.07. The van der Waals surface area contributed by atoms with Gasteiger partial charge in [0.2, 0.25) is 0 Å². The molecule has 10 nitrogen and oxygen atoms in total. The number of rotatable bonds is 8. The Balaban J connectivity index is 1.83. The molecular weight excluding hydrogens is 458 g/mol. The summed E-state index contributed by atoms with van der Waals surface area (Å²) < 4.78 is 35.6. The van der Waals surface area contributed by atoms with Gasteiger partial charge in [-0.1, -0.05) is 0 Å². The number of aromatic nitrogens is 4. The number of nitrogens with zero attached hydrogens (tertiary/aromatic N) is 5. The van der Waals surface area contributed by atoms with Gasteiger partial charge in [0.25, 0.3) is 0 Å². The molecule has 0 aliphatic carbocycles. The van der Waals surface area contributed by atoms with Crippen molar-refractivity contribution in [1.82, 2.24) is 25.1 Å². The minimum Gasteiger partial charge on any atom is -0.444 e. The molecule has 3 aromatic rings. The number of pyridine rings is 2. The van der Waals surface area contributed by atoms with Crippen LogP contribution in [0.5, 0.6) is 0 Å². The molecule has 0 aromatic carbocycles. The van der Waals surface area contributed by atoms with Crippen molar-refractivity contribution >= 4 is 23.4 Å². The average Bonchev–Trinajstić information content (AvgIpc) is 3.28. The van der Waals surface area contributed by atoms with Crippen molar-refractivity contribution in [3.8, 4) is 6.07 Å². The van der Waals surface area contributed by atoms with E-state index in [1.165, 1.54) is 19.2 Å². The molecule has 184 valence electrons. The first-order valence-electron chi connectivity index (χ1n) is 10.7. The highest BCUT2D eigenvalue weighted by atomic mass is 19.1. The van der Waals surface area contributed by atoms with Gasteiger partial charge in [0.05, 0.1) is 35.7 Å². The molecule has 3 N–H and O–H groups in total. The van der Waals surface area contributed by atoms with Crippen molar-refractivity contribution in [2.24, 2.45) is 0 Å². The number of nitriles is 1. The van der Waals surface area contributed by atoms with E-state index in [0.29, 0.717) is 0 Å². The third-order valence-corrected chi connectivity index (χ3v) is 4.58. The second kappa shape index (κ2) is 10.8. The summed E-state index contributed by atoms with van der Waals surface area (Å²) in [5, 5.41) is 22.0. The highest BCUT2D eigenvalue weighted by Gasteiger charge is 2.20. The van der Waals surface area contributed by atoms with E-state index in [-0.39, 0.29) is 41.7 Å². The van der Waals surface area contributed by atoms with Gasteiger partial charge in [-0.3, -0.25) is 9.67 Å². The number of hydrogen-bond acceptors (Lipinski definition) is 8. The molecule has 0 spiro atoms. The van der Waals surface area contributed by atoms with Crippen LogP contribution in [0.3, 0.4) is 0 Å². The zero-order valence-corrected chi connectivity index (χ0v) is 19.8. The topological polar surface area (TPSA) is 130 Å². The SMILES string of the molecule is Cc1ncc(Nc2nc(N[C@@H](CNC(=O)OC(C)(C)C)Cn3cccn3)c(F)cc2C#N)cc1F. The predicted octanol–water partition coefficient (Wildman–Crippen LogP) is 3.88. The van der Waals surface area contributed by atoms with Crippen LogP contribution >= 0.6 is 0 Å². The van der Waals surface area contributed by atoms with E-state index in [4.69, 9.17) is 4.74 Å². The van der Waals surface area contributed by atoms with Gasteiger partial charge in [0.15, 0.2) is 17.5 Å². The van der Waals surface area contributed by atoms with Crippen LogP contribution in [0.25, 0.3) is 0 Å². The van der Waals surface area contributed by atoms with Gasteiger partial charge < -0.3 is 20.7 Å². The van der Waals surface area contributed by atoms with Gasteiger partial charge in [0.1, 0.15) is 17.5 Å². The molecule has 0 aliphatic rings. The number of halogens is 2. The number of aryl methyl sites for hydroxylation is 1. The van der Waals surface area contributed by atoms with Crippen LogP contribution in [0.4, 0.5) is 30.9 Å². The largest absolute Gasteiger partial charge is 0.444 e. The Labute approximate surface area is 201 Å². The van der Waals surface area contributed by atoms with Gasteiger partial charge in [-0.25, -0.2) is 18.6 Å². The number of anilines is 3. The second-order valence-electron chi connectivity index (χ2n) is 8.70. The number of ether oxygens (including phenoxy) is 1. The van der Waals surface area contributed by atoms with Gasteiger partial charge in [-0.2, -0.15) is 10.4 Å². The number of hydrogen-bond donors (Lipinski definition) is 3. The fraction of sp³-hybridized carbons (Fsp3) is 0.348. The molecule has 0 fully saturated rings. The molecule has 0 unspecified atom stereocenters. The third-order valence-electron chi connectivity index (χ3n) is 4.58. The number of carbonyl (C=O) groups excluding carboxylic acids is 1. The molecule has 0 radical (unpaired) electrons. The summed E-state index contributed by atoms with van der Waals surface area (Å²) in [6, 6.07) is 5.26. The van der Waals surface area contributed by atoms with Crippen LogP contribution < -0.4 is 16.0 Å². The molecule has 3 rings (SSSR count). The normalized spacial score (nSPS) is 11.9. The minimum atomic E-state index is -0.775. The molecule has 1 amide bonds. The van der Waals surface area contributed by atoms with E-state index in [1.54, 1.807) is 43.9 Å². The van der Waals surface area contributed by atoms with Crippen molar-refractivity contribution in [3.05, 3.63) is 59.7 Å². The summed E-state index contributed by atoms with van der Waals surface area (Å²) in [4.78, 5) is 20.3. The van der Waals surface area contributed by atoms with Crippen LogP contribution in [0, 0.1) is 29.9 Å². The van der Waals surface area contributed by atoms with Crippen molar-refractivity contribution < 1.29 is 18.3 Å². The number of carbonyl (C=O) groups is 1. The van der Waals surface area contributed by atoms with Crippen LogP contribution in [0.15, 0.2) is 36.8 Å². The number of amides is 1. The molecule has 0 saturated carbocycles. The minimum absolute atomic E-state index is 0.0133. The summed E-state index contributed by atoms with van der Waals surface area (Å²) >= 11 is 0. The van der Waals surface area contributed by atoms with Gasteiger partial charge >= 0.3 is 6.09 Å². The molecule has 35 heavy (non-hydrogen) atoms. The van der Waals surface area contributed by atoms with Crippen LogP contribution in [-0.4, -0.2) is 44.0 Å². The highest BCUT2D eigenvalue weighted by Crippen LogP contribution is 2.24. The Morgan fingerprint density at radius 1 is 1.26 bits per heavy atom. The Kier molecular flexibility index (Phi) is 7.80. The lowest BCUT2D eigenvalue weighted by atomic mass is 10.2. The molecule has 0 aliphatic heterocycles. The first-order chi connectivity index (χ1) is 16.5. The number of alkyl carbamates (subject to hydrolysis) is 1. The smallest absolute Gasteiger partial charge is 0.407 e. The van der Waals surface area contributed by atoms with Crippen molar-refractivity contribution in [3.63, 3.8) is 0 Å². The van der Waals surface area contributed by atoms with E-state index in [2.05, 4.69) is 31.0 Å². The monoisotopic (exact) mass is 484 g/mol. The maximum atomic E-state index is 14.8. The fourth-order valence-electron chi connectivity index (χ4n) is 2.99. The lowest BCUT2D eigenvalue weighted by Crippen LogP contribution is -2.41. The maximum absolute atomic E-state index is 14.8. The summed E-state index contributed by atoms with van der Waals surface area (Å²) in [5.41, 5.74) is -0.302. The van der Waals surface area contributed by atoms with Crippen LogP contribution in [-0.2, 0) is 11.3 Å². The van der Waals surface area contributed by atoms with E-state index in [0.717, 1.165) is 6.07 Å². The molecule has 3 heterocycles. The van der Waals surface area contributed by atoms with Crippen molar-refractivity contribution in [2.75, 3.05) is 17.2 Å². The van der Waals surface area contributed by atoms with Crippen LogP contribution in [0.1, 0.15) is 32.0 Å². The van der Waals surface area contributed by atoms with Gasteiger partial charge in [0, 0.05) is 25.0 Å². The highest BCUT2D eigenvalue weighted by molar-refractivity contribution is 5.68. The summed E-state index contributed by atoms with van der Waals surface area (Å²) in [6.07, 6.45) is 4.06. The number of nitrogens with one attached hydrogen (secondary N) is 3. The Morgan fingerprint density at radius 2 is 2.03 bits per heavy atom. The van der Waals surface area contributed by atoms with Crippen molar-refractivity contribution in [1.29, 1.82) is 5.26 Å². The first-order valence-corrected chi connectivity index (χ1v) is 10.7. The van der Waals surface area contributed by atoms with E-state index in [1.807, 2.05) is 6.07 Å². The Bertz CT molecular complexity index is 1220. The lowest BCUT2D eigenvalue weighted by Gasteiger charge is -2.23. The van der Waals surface area contributed by atoms with Crippen molar-refractivity contribution in [2.45, 2.75) is 45.9 Å². The zero-order chi connectivity index (χ0) is 25.6. The lowest BCUT2D eigenvalue weighted by molar-refractivity contribution is 0.0524. The molecule has 0 saturated heterocycles. The Morgan fingerprint density at radius 3 is 2.66 bits per heavy atom. The van der Waals surface area contributed by atoms with E-state index < -0.39 is 29.4 Å². The zero-order valence-electron chi connectivity index (χ0n) is 19.8. The second-order valence-corrected chi connectivity index (χ2v) is 8.70. The molecule has 12 heteroatoms.